The minimum absolute atomic E-state index is 0.0841. The summed E-state index contributed by atoms with van der Waals surface area (Å²) in [7, 11) is 0. The van der Waals surface area contributed by atoms with Crippen molar-refractivity contribution in [3.63, 3.8) is 0 Å². The maximum Gasteiger partial charge on any atom is 0.258 e. The Kier molecular flexibility index (Phi) is 4.81. The zero-order valence-electron chi connectivity index (χ0n) is 15.4. The number of amides is 2. The molecule has 0 saturated heterocycles. The number of carbonyl (C=O) groups is 2. The van der Waals surface area contributed by atoms with Crippen LogP contribution in [-0.2, 0) is 11.3 Å². The van der Waals surface area contributed by atoms with Crippen molar-refractivity contribution in [2.24, 2.45) is 0 Å². The Morgan fingerprint density at radius 2 is 1.68 bits per heavy atom. The number of carbonyl (C=O) groups excluding carboxylic acids is 2. The summed E-state index contributed by atoms with van der Waals surface area (Å²) in [5.74, 6) is 0.510. The molecule has 0 fully saturated rings. The van der Waals surface area contributed by atoms with Gasteiger partial charge in [0.25, 0.3) is 5.91 Å². The quantitative estimate of drug-likeness (QED) is 0.647. The van der Waals surface area contributed by atoms with Gasteiger partial charge in [0.1, 0.15) is 5.76 Å². The minimum atomic E-state index is -0.106. The number of anilines is 1. The highest BCUT2D eigenvalue weighted by molar-refractivity contribution is 6.09. The lowest BCUT2D eigenvalue weighted by Crippen LogP contribution is -2.34. The SMILES string of the molecule is C=C1c2ccccc2C(=O)N1CCC(=O)N(Cc1ccco1)c1ccccc1. The van der Waals surface area contributed by atoms with E-state index in [1.807, 2.05) is 54.6 Å². The lowest BCUT2D eigenvalue weighted by Gasteiger charge is -2.24. The molecule has 3 aromatic rings. The van der Waals surface area contributed by atoms with Gasteiger partial charge in [-0.15, -0.1) is 0 Å². The fourth-order valence-corrected chi connectivity index (χ4v) is 3.40. The zero-order valence-corrected chi connectivity index (χ0v) is 15.4. The molecule has 0 bridgehead atoms. The molecule has 0 atom stereocenters. The van der Waals surface area contributed by atoms with Crippen LogP contribution in [0.25, 0.3) is 5.70 Å². The highest BCUT2D eigenvalue weighted by atomic mass is 16.3. The molecule has 0 saturated carbocycles. The predicted molar refractivity (Wildman–Crippen MR) is 107 cm³/mol. The van der Waals surface area contributed by atoms with Crippen molar-refractivity contribution in [2.75, 3.05) is 11.4 Å². The Morgan fingerprint density at radius 1 is 0.964 bits per heavy atom. The molecular formula is C23H20N2O3. The van der Waals surface area contributed by atoms with E-state index in [1.54, 1.807) is 28.2 Å². The third-order valence-corrected chi connectivity index (χ3v) is 4.85. The van der Waals surface area contributed by atoms with Crippen LogP contribution < -0.4 is 4.90 Å². The van der Waals surface area contributed by atoms with Crippen LogP contribution in [0.1, 0.15) is 28.1 Å². The molecule has 0 radical (unpaired) electrons. The molecule has 2 aromatic carbocycles. The first-order valence-corrected chi connectivity index (χ1v) is 9.13. The molecule has 2 amide bonds. The lowest BCUT2D eigenvalue weighted by atomic mass is 10.1. The normalized spacial score (nSPS) is 12.9. The van der Waals surface area contributed by atoms with Crippen LogP contribution in [-0.4, -0.2) is 23.3 Å². The number of rotatable bonds is 6. The highest BCUT2D eigenvalue weighted by Gasteiger charge is 2.31. The second-order valence-electron chi connectivity index (χ2n) is 6.59. The Bertz CT molecular complexity index is 974. The first kappa shape index (κ1) is 17.8. The minimum Gasteiger partial charge on any atom is -0.467 e. The van der Waals surface area contributed by atoms with Crippen LogP contribution in [0.15, 0.2) is 84.0 Å². The fraction of sp³-hybridized carbons (Fsp3) is 0.130. The van der Waals surface area contributed by atoms with Crippen LogP contribution >= 0.6 is 0 Å². The van der Waals surface area contributed by atoms with E-state index in [9.17, 15) is 9.59 Å². The highest BCUT2D eigenvalue weighted by Crippen LogP contribution is 2.31. The Hall–Kier alpha value is -3.60. The molecule has 0 N–H and O–H groups in total. The zero-order chi connectivity index (χ0) is 19.5. The van der Waals surface area contributed by atoms with Gasteiger partial charge in [0.2, 0.25) is 5.91 Å². The van der Waals surface area contributed by atoms with Gasteiger partial charge in [-0.25, -0.2) is 0 Å². The predicted octanol–water partition coefficient (Wildman–Crippen LogP) is 4.33. The summed E-state index contributed by atoms with van der Waals surface area (Å²) in [6.45, 7) is 4.66. The number of para-hydroxylation sites is 1. The standard InChI is InChI=1S/C23H20N2O3/c1-17-20-11-5-6-12-21(20)23(27)24(17)14-13-22(26)25(16-19-10-7-15-28-19)18-8-3-2-4-9-18/h2-12,15H,1,13-14,16H2. The van der Waals surface area contributed by atoms with Gasteiger partial charge >= 0.3 is 0 Å². The van der Waals surface area contributed by atoms with Gasteiger partial charge in [0.05, 0.1) is 12.8 Å². The summed E-state index contributed by atoms with van der Waals surface area (Å²) in [5, 5.41) is 0. The van der Waals surface area contributed by atoms with E-state index in [-0.39, 0.29) is 24.8 Å². The summed E-state index contributed by atoms with van der Waals surface area (Å²) >= 11 is 0. The fourth-order valence-electron chi connectivity index (χ4n) is 3.40. The van der Waals surface area contributed by atoms with Crippen molar-refractivity contribution >= 4 is 23.2 Å². The van der Waals surface area contributed by atoms with Crippen molar-refractivity contribution in [3.8, 4) is 0 Å². The van der Waals surface area contributed by atoms with Crippen molar-refractivity contribution in [3.05, 3.63) is 96.5 Å². The molecule has 1 aromatic heterocycles. The van der Waals surface area contributed by atoms with Gasteiger partial charge in [0.15, 0.2) is 0 Å². The second kappa shape index (κ2) is 7.56. The van der Waals surface area contributed by atoms with E-state index in [0.717, 1.165) is 11.3 Å². The first-order valence-electron chi connectivity index (χ1n) is 9.13. The molecule has 5 heteroatoms. The number of hydrogen-bond acceptors (Lipinski definition) is 3. The van der Waals surface area contributed by atoms with Crippen LogP contribution in [0.5, 0.6) is 0 Å². The Labute approximate surface area is 163 Å². The molecule has 5 nitrogen and oxygen atoms in total. The number of furan rings is 1. The van der Waals surface area contributed by atoms with Gasteiger partial charge in [-0.1, -0.05) is 43.0 Å². The average molecular weight is 372 g/mol. The first-order chi connectivity index (χ1) is 13.6. The molecule has 0 spiro atoms. The molecule has 1 aliphatic heterocycles. The molecule has 4 rings (SSSR count). The molecule has 1 aliphatic rings. The van der Waals surface area contributed by atoms with E-state index in [4.69, 9.17) is 4.42 Å². The summed E-state index contributed by atoms with van der Waals surface area (Å²) < 4.78 is 5.42. The topological polar surface area (TPSA) is 53.8 Å². The smallest absolute Gasteiger partial charge is 0.258 e. The third-order valence-electron chi connectivity index (χ3n) is 4.85. The van der Waals surface area contributed by atoms with Crippen molar-refractivity contribution in [2.45, 2.75) is 13.0 Å². The van der Waals surface area contributed by atoms with Gasteiger partial charge in [-0.05, 0) is 30.3 Å². The van der Waals surface area contributed by atoms with Gasteiger partial charge in [-0.3, -0.25) is 9.59 Å². The van der Waals surface area contributed by atoms with Gasteiger partial charge in [0, 0.05) is 35.5 Å². The molecule has 28 heavy (non-hydrogen) atoms. The van der Waals surface area contributed by atoms with Crippen molar-refractivity contribution in [1.29, 1.82) is 0 Å². The number of nitrogens with zero attached hydrogens (tertiary/aromatic N) is 2. The Balaban J connectivity index is 1.49. The van der Waals surface area contributed by atoms with Crippen molar-refractivity contribution < 1.29 is 14.0 Å². The molecular weight excluding hydrogens is 352 g/mol. The van der Waals surface area contributed by atoms with Gasteiger partial charge < -0.3 is 14.2 Å². The average Bonchev–Trinajstić information content (AvgIpc) is 3.33. The van der Waals surface area contributed by atoms with Crippen LogP contribution in [0.4, 0.5) is 5.69 Å². The summed E-state index contributed by atoms with van der Waals surface area (Å²) in [6, 6.07) is 20.5. The van der Waals surface area contributed by atoms with Crippen molar-refractivity contribution in [1.82, 2.24) is 4.90 Å². The van der Waals surface area contributed by atoms with E-state index in [0.29, 0.717) is 23.6 Å². The maximum atomic E-state index is 13.0. The monoisotopic (exact) mass is 372 g/mol. The molecule has 0 aliphatic carbocycles. The summed E-state index contributed by atoms with van der Waals surface area (Å²) in [4.78, 5) is 28.9. The van der Waals surface area contributed by atoms with E-state index in [1.165, 1.54) is 0 Å². The summed E-state index contributed by atoms with van der Waals surface area (Å²) in [6.07, 6.45) is 1.78. The van der Waals surface area contributed by atoms with Gasteiger partial charge in [-0.2, -0.15) is 0 Å². The summed E-state index contributed by atoms with van der Waals surface area (Å²) in [5.41, 5.74) is 2.90. The second-order valence-corrected chi connectivity index (χ2v) is 6.59. The van der Waals surface area contributed by atoms with Crippen LogP contribution in [0.2, 0.25) is 0 Å². The van der Waals surface area contributed by atoms with E-state index in [2.05, 4.69) is 6.58 Å². The number of benzene rings is 2. The van der Waals surface area contributed by atoms with E-state index >= 15 is 0 Å². The third kappa shape index (κ3) is 3.34. The molecule has 0 unspecified atom stereocenters. The number of fused-ring (bicyclic) bond motifs is 1. The molecule has 140 valence electrons. The largest absolute Gasteiger partial charge is 0.467 e. The van der Waals surface area contributed by atoms with E-state index < -0.39 is 0 Å². The Morgan fingerprint density at radius 3 is 2.36 bits per heavy atom. The maximum absolute atomic E-state index is 13.0. The molecule has 2 heterocycles. The lowest BCUT2D eigenvalue weighted by molar-refractivity contribution is -0.118. The van der Waals surface area contributed by atoms with Crippen LogP contribution in [0.3, 0.4) is 0 Å². The number of hydrogen-bond donors (Lipinski definition) is 0. The van der Waals surface area contributed by atoms with Crippen LogP contribution in [0, 0.1) is 0 Å².